The third-order valence-corrected chi connectivity index (χ3v) is 4.06. The number of aliphatic carboxylic acids is 1. The van der Waals surface area contributed by atoms with Crippen LogP contribution < -0.4 is 0 Å². The maximum atomic E-state index is 10.9. The summed E-state index contributed by atoms with van der Waals surface area (Å²) in [5, 5.41) is 7.89. The highest BCUT2D eigenvalue weighted by molar-refractivity contribution is 5.87. The van der Waals surface area contributed by atoms with Crippen molar-refractivity contribution in [1.82, 2.24) is 0 Å². The van der Waals surface area contributed by atoms with E-state index in [1.807, 2.05) is 6.92 Å². The number of carboxylic acid groups (broad SMARTS) is 1. The molecule has 0 bridgehead atoms. The molecule has 0 amide bonds. The van der Waals surface area contributed by atoms with Crippen molar-refractivity contribution in [1.29, 1.82) is 0 Å². The molecule has 0 fully saturated rings. The fourth-order valence-corrected chi connectivity index (χ4v) is 1.75. The van der Waals surface area contributed by atoms with Crippen LogP contribution >= 0.6 is 0 Å². The third kappa shape index (κ3) is 47.7. The lowest BCUT2D eigenvalue weighted by molar-refractivity contribution is -0.141. The zero-order valence-corrected chi connectivity index (χ0v) is 27.9. The summed E-state index contributed by atoms with van der Waals surface area (Å²) < 4.78 is 44.0. The summed E-state index contributed by atoms with van der Waals surface area (Å²) in [4.78, 5) is 41.8. The first-order valence-electron chi connectivity index (χ1n) is 13.9. The first-order valence-corrected chi connectivity index (χ1v) is 13.9. The monoisotopic (exact) mass is 650 g/mol. The van der Waals surface area contributed by atoms with Crippen molar-refractivity contribution in [3.05, 3.63) is 49.1 Å². The van der Waals surface area contributed by atoms with Crippen LogP contribution in [0.4, 0.5) is 0 Å². The number of hydrogen-bond acceptors (Lipinski definition) is 13. The second-order valence-corrected chi connectivity index (χ2v) is 8.31. The molecule has 0 aliphatic carbocycles. The summed E-state index contributed by atoms with van der Waals surface area (Å²) >= 11 is 0. The average Bonchev–Trinajstić information content (AvgIpc) is 3.00. The third-order valence-electron chi connectivity index (χ3n) is 4.06. The van der Waals surface area contributed by atoms with Crippen LogP contribution in [0.3, 0.4) is 0 Å². The first kappa shape index (κ1) is 48.5. The quantitative estimate of drug-likeness (QED) is 0.0740. The topological polar surface area (TPSA) is 172 Å². The minimum atomic E-state index is -0.935. The summed E-state index contributed by atoms with van der Waals surface area (Å²) in [5.41, 5.74) is 0.978. The van der Waals surface area contributed by atoms with Crippen molar-refractivity contribution in [2.75, 3.05) is 100 Å². The minimum Gasteiger partial charge on any atom is -0.478 e. The molecular formula is C31H54O14. The second kappa shape index (κ2) is 38.6. The highest BCUT2D eigenvalue weighted by Gasteiger charge is 2.02. The standard InChI is InChI=1S/C10H18O4.C9H16O4.C8H14O4.C4H6O2/c1-4-12-5-6-13-7-8-14-10(11)9(2)3;1-8(2)9(10)13-7-6-12-5-4-11-3;1-3-8(9)12-7-6-11-5-4-10-2;1-3(2)4(5)6/h2,4-8H2,1,3H3;1,4-7H2,2-3H3;3H,1,4-7H2,2H3;1H2,2H3,(H,5,6). The van der Waals surface area contributed by atoms with Gasteiger partial charge in [-0.2, -0.15) is 0 Å². The second-order valence-electron chi connectivity index (χ2n) is 8.31. The van der Waals surface area contributed by atoms with E-state index in [1.54, 1.807) is 28.1 Å². The molecule has 0 radical (unpaired) electrons. The smallest absolute Gasteiger partial charge is 0.333 e. The molecule has 0 heterocycles. The van der Waals surface area contributed by atoms with Crippen molar-refractivity contribution >= 4 is 23.9 Å². The van der Waals surface area contributed by atoms with Gasteiger partial charge in [-0.05, 0) is 27.7 Å². The summed E-state index contributed by atoms with van der Waals surface area (Å²) in [6, 6.07) is 0. The predicted molar refractivity (Wildman–Crippen MR) is 168 cm³/mol. The average molecular weight is 651 g/mol. The Morgan fingerprint density at radius 2 is 0.867 bits per heavy atom. The number of rotatable bonds is 23. The number of esters is 3. The normalized spacial score (nSPS) is 9.38. The van der Waals surface area contributed by atoms with Gasteiger partial charge in [0, 0.05) is 43.6 Å². The zero-order chi connectivity index (χ0) is 35.3. The Labute approximate surface area is 267 Å². The number of carbonyl (C=O) groups excluding carboxylic acids is 3. The molecule has 14 nitrogen and oxygen atoms in total. The first-order chi connectivity index (χ1) is 21.3. The molecule has 0 spiro atoms. The Bertz CT molecular complexity index is 811. The lowest BCUT2D eigenvalue weighted by Gasteiger charge is -2.05. The van der Waals surface area contributed by atoms with Gasteiger partial charge >= 0.3 is 23.9 Å². The molecule has 0 aromatic rings. The SMILES string of the molecule is C=C(C)C(=O)O.C=C(C)C(=O)OCCOCCOC.C=C(C)C(=O)OCCOCCOCC.C=CC(=O)OCCOCCOC. The van der Waals surface area contributed by atoms with E-state index in [2.05, 4.69) is 31.1 Å². The van der Waals surface area contributed by atoms with Crippen LogP contribution in [-0.4, -0.2) is 129 Å². The molecular weight excluding hydrogens is 596 g/mol. The number of carboxylic acids is 1. The van der Waals surface area contributed by atoms with Crippen molar-refractivity contribution in [3.63, 3.8) is 0 Å². The minimum absolute atomic E-state index is 0.176. The van der Waals surface area contributed by atoms with Gasteiger partial charge in [0.2, 0.25) is 0 Å². The summed E-state index contributed by atoms with van der Waals surface area (Å²) in [7, 11) is 3.20. The van der Waals surface area contributed by atoms with Gasteiger partial charge < -0.3 is 47.7 Å². The molecule has 262 valence electrons. The van der Waals surface area contributed by atoms with Gasteiger partial charge in [0.05, 0.1) is 59.5 Å². The summed E-state index contributed by atoms with van der Waals surface area (Å²) in [5.74, 6) is -2.12. The van der Waals surface area contributed by atoms with Crippen LogP contribution in [0.15, 0.2) is 49.1 Å². The van der Waals surface area contributed by atoms with E-state index in [4.69, 9.17) is 43.0 Å². The molecule has 0 saturated carbocycles. The van der Waals surface area contributed by atoms with Crippen LogP contribution in [0.1, 0.15) is 27.7 Å². The van der Waals surface area contributed by atoms with E-state index >= 15 is 0 Å². The Morgan fingerprint density at radius 1 is 0.556 bits per heavy atom. The molecule has 0 rings (SSSR count). The molecule has 1 N–H and O–H groups in total. The van der Waals surface area contributed by atoms with E-state index in [0.29, 0.717) is 77.2 Å². The van der Waals surface area contributed by atoms with Crippen LogP contribution in [0.25, 0.3) is 0 Å². The van der Waals surface area contributed by atoms with Crippen molar-refractivity contribution < 1.29 is 66.9 Å². The Balaban J connectivity index is -0.000000257. The molecule has 0 saturated heterocycles. The number of hydrogen-bond donors (Lipinski definition) is 1. The van der Waals surface area contributed by atoms with Crippen LogP contribution in [0.2, 0.25) is 0 Å². The van der Waals surface area contributed by atoms with Gasteiger partial charge in [-0.15, -0.1) is 0 Å². The fourth-order valence-electron chi connectivity index (χ4n) is 1.75. The number of methoxy groups -OCH3 is 2. The molecule has 0 atom stereocenters. The maximum Gasteiger partial charge on any atom is 0.333 e. The van der Waals surface area contributed by atoms with Crippen molar-refractivity contribution in [2.45, 2.75) is 27.7 Å². The molecule has 45 heavy (non-hydrogen) atoms. The van der Waals surface area contributed by atoms with E-state index in [9.17, 15) is 19.2 Å². The number of ether oxygens (including phenoxy) is 9. The zero-order valence-electron chi connectivity index (χ0n) is 27.9. The Morgan fingerprint density at radius 3 is 1.16 bits per heavy atom. The van der Waals surface area contributed by atoms with Gasteiger partial charge in [-0.3, -0.25) is 0 Å². The van der Waals surface area contributed by atoms with Crippen LogP contribution in [0.5, 0.6) is 0 Å². The van der Waals surface area contributed by atoms with Crippen molar-refractivity contribution in [3.8, 4) is 0 Å². The predicted octanol–water partition coefficient (Wildman–Crippen LogP) is 2.95. The maximum absolute atomic E-state index is 10.9. The lowest BCUT2D eigenvalue weighted by atomic mass is 10.4. The molecule has 0 aromatic carbocycles. The molecule has 0 aliphatic heterocycles. The van der Waals surface area contributed by atoms with E-state index in [0.717, 1.165) is 6.08 Å². The van der Waals surface area contributed by atoms with Crippen LogP contribution in [-0.2, 0) is 61.8 Å². The summed E-state index contributed by atoms with van der Waals surface area (Å²) in [6.07, 6.45) is 1.12. The highest BCUT2D eigenvalue weighted by atomic mass is 16.6. The lowest BCUT2D eigenvalue weighted by Crippen LogP contribution is -2.13. The van der Waals surface area contributed by atoms with E-state index < -0.39 is 11.9 Å². The van der Waals surface area contributed by atoms with Crippen LogP contribution in [0, 0.1) is 0 Å². The largest absolute Gasteiger partial charge is 0.478 e. The Hall–Kier alpha value is -3.40. The number of carbonyl (C=O) groups is 4. The van der Waals surface area contributed by atoms with E-state index in [-0.39, 0.29) is 37.3 Å². The highest BCUT2D eigenvalue weighted by Crippen LogP contribution is 1.92. The molecule has 0 unspecified atom stereocenters. The van der Waals surface area contributed by atoms with E-state index in [1.165, 1.54) is 6.92 Å². The molecule has 0 aromatic heterocycles. The van der Waals surface area contributed by atoms with Gasteiger partial charge in [0.15, 0.2) is 0 Å². The fraction of sp³-hybridized carbons (Fsp3) is 0.613. The van der Waals surface area contributed by atoms with Gasteiger partial charge in [0.1, 0.15) is 19.8 Å². The molecule has 14 heteroatoms. The van der Waals surface area contributed by atoms with Gasteiger partial charge in [-0.1, -0.05) is 26.3 Å². The van der Waals surface area contributed by atoms with Crippen molar-refractivity contribution in [2.24, 2.45) is 0 Å². The molecule has 0 aliphatic rings. The Kier molecular flexibility index (Phi) is 41.6. The van der Waals surface area contributed by atoms with Gasteiger partial charge in [0.25, 0.3) is 0 Å². The summed E-state index contributed by atoms with van der Waals surface area (Å²) in [6.45, 7) is 25.8. The van der Waals surface area contributed by atoms with Gasteiger partial charge in [-0.25, -0.2) is 19.2 Å².